The van der Waals surface area contributed by atoms with Gasteiger partial charge in [-0.15, -0.1) is 0 Å². The molecule has 0 bridgehead atoms. The van der Waals surface area contributed by atoms with Crippen molar-refractivity contribution in [3.63, 3.8) is 0 Å². The quantitative estimate of drug-likeness (QED) is 0.751. The number of hydrogen-bond acceptors (Lipinski definition) is 3. The Hall–Kier alpha value is -0.810. The third-order valence-corrected chi connectivity index (χ3v) is 4.03. The van der Waals surface area contributed by atoms with Crippen molar-refractivity contribution in [1.29, 1.82) is 0 Å². The van der Waals surface area contributed by atoms with Gasteiger partial charge in [-0.05, 0) is 32.7 Å². The normalized spacial score (nSPS) is 32.3. The highest BCUT2D eigenvalue weighted by Crippen LogP contribution is 2.24. The van der Waals surface area contributed by atoms with E-state index in [1.165, 1.54) is 6.42 Å². The molecule has 5 nitrogen and oxygen atoms in total. The molecular formula is C12H23N3O2. The summed E-state index contributed by atoms with van der Waals surface area (Å²) in [7, 11) is 2.16. The summed E-state index contributed by atoms with van der Waals surface area (Å²) in [4.78, 5) is 15.6. The van der Waals surface area contributed by atoms with E-state index in [1.54, 1.807) is 0 Å². The minimum atomic E-state index is -0.881. The molecule has 1 heterocycles. The average molecular weight is 241 g/mol. The minimum Gasteiger partial charge on any atom is -0.465 e. The van der Waals surface area contributed by atoms with Crippen LogP contribution in [0.25, 0.3) is 0 Å². The SMILES string of the molecule is CN1CCN([C@@H]2CCC[C@H](NC(=O)O)C2)CC1. The Morgan fingerprint density at radius 1 is 1.24 bits per heavy atom. The molecule has 0 aromatic carbocycles. The zero-order valence-corrected chi connectivity index (χ0v) is 10.6. The average Bonchev–Trinajstić information content (AvgIpc) is 2.29. The standard InChI is InChI=1S/C12H23N3O2/c1-14-5-7-15(8-6-14)11-4-2-3-10(9-11)13-12(16)17/h10-11,13H,2-9H2,1H3,(H,16,17)/t10-,11+/m0/s1. The van der Waals surface area contributed by atoms with Gasteiger partial charge >= 0.3 is 6.09 Å². The fourth-order valence-electron chi connectivity index (χ4n) is 2.99. The maximum atomic E-state index is 10.7. The van der Waals surface area contributed by atoms with Crippen molar-refractivity contribution in [3.8, 4) is 0 Å². The lowest BCUT2D eigenvalue weighted by molar-refractivity contribution is 0.0823. The van der Waals surface area contributed by atoms with Gasteiger partial charge in [0, 0.05) is 38.3 Å². The smallest absolute Gasteiger partial charge is 0.404 e. The van der Waals surface area contributed by atoms with E-state index in [0.717, 1.165) is 45.4 Å². The van der Waals surface area contributed by atoms with Gasteiger partial charge in [-0.25, -0.2) is 4.79 Å². The largest absolute Gasteiger partial charge is 0.465 e. The third-order valence-electron chi connectivity index (χ3n) is 4.03. The molecule has 0 aromatic heterocycles. The number of carbonyl (C=O) groups is 1. The highest BCUT2D eigenvalue weighted by molar-refractivity contribution is 5.64. The zero-order chi connectivity index (χ0) is 12.3. The van der Waals surface area contributed by atoms with Crippen LogP contribution in [0.4, 0.5) is 4.79 Å². The van der Waals surface area contributed by atoms with Crippen LogP contribution in [0.5, 0.6) is 0 Å². The van der Waals surface area contributed by atoms with E-state index in [1.807, 2.05) is 0 Å². The van der Waals surface area contributed by atoms with Gasteiger partial charge in [-0.1, -0.05) is 0 Å². The van der Waals surface area contributed by atoms with Gasteiger partial charge in [-0.2, -0.15) is 0 Å². The monoisotopic (exact) mass is 241 g/mol. The lowest BCUT2D eigenvalue weighted by Crippen LogP contribution is -2.52. The number of carboxylic acid groups (broad SMARTS) is 1. The Bertz CT molecular complexity index is 264. The van der Waals surface area contributed by atoms with Crippen LogP contribution in [0.3, 0.4) is 0 Å². The predicted octanol–water partition coefficient (Wildman–Crippen LogP) is 0.813. The van der Waals surface area contributed by atoms with Crippen molar-refractivity contribution in [1.82, 2.24) is 15.1 Å². The van der Waals surface area contributed by atoms with Gasteiger partial charge < -0.3 is 15.3 Å². The molecule has 98 valence electrons. The van der Waals surface area contributed by atoms with Gasteiger partial charge in [0.25, 0.3) is 0 Å². The molecule has 2 rings (SSSR count). The van der Waals surface area contributed by atoms with Crippen molar-refractivity contribution in [2.24, 2.45) is 0 Å². The van der Waals surface area contributed by atoms with E-state index in [-0.39, 0.29) is 6.04 Å². The van der Waals surface area contributed by atoms with Crippen LogP contribution in [0.1, 0.15) is 25.7 Å². The first-order valence-corrected chi connectivity index (χ1v) is 6.57. The van der Waals surface area contributed by atoms with Crippen LogP contribution in [0.2, 0.25) is 0 Å². The number of hydrogen-bond donors (Lipinski definition) is 2. The molecule has 1 aliphatic carbocycles. The van der Waals surface area contributed by atoms with Crippen molar-refractivity contribution in [2.45, 2.75) is 37.8 Å². The number of nitrogens with one attached hydrogen (secondary N) is 1. The van der Waals surface area contributed by atoms with Crippen molar-refractivity contribution in [2.75, 3.05) is 33.2 Å². The van der Waals surface area contributed by atoms with Crippen LogP contribution >= 0.6 is 0 Å². The summed E-state index contributed by atoms with van der Waals surface area (Å²) < 4.78 is 0. The van der Waals surface area contributed by atoms with Gasteiger partial charge in [-0.3, -0.25) is 4.90 Å². The molecule has 1 saturated carbocycles. The van der Waals surface area contributed by atoms with E-state index in [0.29, 0.717) is 6.04 Å². The number of rotatable bonds is 2. The second-order valence-electron chi connectivity index (χ2n) is 5.31. The summed E-state index contributed by atoms with van der Waals surface area (Å²) in [5.74, 6) is 0. The molecule has 2 fully saturated rings. The molecule has 1 saturated heterocycles. The lowest BCUT2D eigenvalue weighted by Gasteiger charge is -2.41. The maximum Gasteiger partial charge on any atom is 0.404 e. The zero-order valence-electron chi connectivity index (χ0n) is 10.6. The molecular weight excluding hydrogens is 218 g/mol. The van der Waals surface area contributed by atoms with Crippen LogP contribution in [0.15, 0.2) is 0 Å². The van der Waals surface area contributed by atoms with Crippen LogP contribution < -0.4 is 5.32 Å². The van der Waals surface area contributed by atoms with E-state index in [4.69, 9.17) is 5.11 Å². The van der Waals surface area contributed by atoms with Crippen LogP contribution in [-0.2, 0) is 0 Å². The summed E-state index contributed by atoms with van der Waals surface area (Å²) in [6, 6.07) is 0.736. The van der Waals surface area contributed by atoms with E-state index in [9.17, 15) is 4.79 Å². The highest BCUT2D eigenvalue weighted by atomic mass is 16.4. The summed E-state index contributed by atoms with van der Waals surface area (Å²) >= 11 is 0. The number of piperazine rings is 1. The molecule has 0 unspecified atom stereocenters. The first-order valence-electron chi connectivity index (χ1n) is 6.57. The fraction of sp³-hybridized carbons (Fsp3) is 0.917. The summed E-state index contributed by atoms with van der Waals surface area (Å²) in [5.41, 5.74) is 0. The highest BCUT2D eigenvalue weighted by Gasteiger charge is 2.28. The minimum absolute atomic E-state index is 0.158. The van der Waals surface area contributed by atoms with Gasteiger partial charge in [0.2, 0.25) is 0 Å². The predicted molar refractivity (Wildman–Crippen MR) is 66.3 cm³/mol. The van der Waals surface area contributed by atoms with E-state index < -0.39 is 6.09 Å². The third kappa shape index (κ3) is 3.57. The van der Waals surface area contributed by atoms with Gasteiger partial charge in [0.15, 0.2) is 0 Å². The van der Waals surface area contributed by atoms with Crippen LogP contribution in [0, 0.1) is 0 Å². The van der Waals surface area contributed by atoms with Gasteiger partial charge in [0.1, 0.15) is 0 Å². The Labute approximate surface area is 103 Å². The van der Waals surface area contributed by atoms with Crippen molar-refractivity contribution in [3.05, 3.63) is 0 Å². The molecule has 17 heavy (non-hydrogen) atoms. The van der Waals surface area contributed by atoms with Crippen molar-refractivity contribution < 1.29 is 9.90 Å². The van der Waals surface area contributed by atoms with Crippen LogP contribution in [-0.4, -0.2) is 66.3 Å². The Morgan fingerprint density at radius 2 is 1.94 bits per heavy atom. The summed E-state index contributed by atoms with van der Waals surface area (Å²) in [6.45, 7) is 4.52. The molecule has 1 aliphatic heterocycles. The molecule has 1 amide bonds. The second kappa shape index (κ2) is 5.69. The maximum absolute atomic E-state index is 10.7. The molecule has 0 spiro atoms. The Balaban J connectivity index is 1.82. The fourth-order valence-corrected chi connectivity index (χ4v) is 2.99. The number of amides is 1. The van der Waals surface area contributed by atoms with Gasteiger partial charge in [0.05, 0.1) is 0 Å². The lowest BCUT2D eigenvalue weighted by atomic mass is 9.89. The Kier molecular flexibility index (Phi) is 4.23. The van der Waals surface area contributed by atoms with Crippen molar-refractivity contribution >= 4 is 6.09 Å². The molecule has 2 aliphatic rings. The molecule has 5 heteroatoms. The van der Waals surface area contributed by atoms with E-state index >= 15 is 0 Å². The summed E-state index contributed by atoms with van der Waals surface area (Å²) in [5, 5.41) is 11.4. The number of likely N-dealkylation sites (N-methyl/N-ethyl adjacent to an activating group) is 1. The first-order chi connectivity index (χ1) is 8.15. The molecule has 2 N–H and O–H groups in total. The molecule has 0 radical (unpaired) electrons. The summed E-state index contributed by atoms with van der Waals surface area (Å²) in [6.07, 6.45) is 3.46. The van der Waals surface area contributed by atoms with E-state index in [2.05, 4.69) is 22.2 Å². The topological polar surface area (TPSA) is 55.8 Å². The number of nitrogens with zero attached hydrogens (tertiary/aromatic N) is 2. The molecule has 0 aromatic rings. The Morgan fingerprint density at radius 3 is 2.59 bits per heavy atom. The molecule has 2 atom stereocenters. The second-order valence-corrected chi connectivity index (χ2v) is 5.31. The first kappa shape index (κ1) is 12.6.